The summed E-state index contributed by atoms with van der Waals surface area (Å²) < 4.78 is 0. The number of nitrogens with two attached hydrogens (primary N) is 1. The molecule has 2 amide bonds. The Morgan fingerprint density at radius 3 is 2.59 bits per heavy atom. The van der Waals surface area contributed by atoms with Crippen molar-refractivity contribution in [3.8, 4) is 5.75 Å². The van der Waals surface area contributed by atoms with Crippen LogP contribution in [0.3, 0.4) is 0 Å². The summed E-state index contributed by atoms with van der Waals surface area (Å²) in [7, 11) is 0. The zero-order valence-electron chi connectivity index (χ0n) is 8.92. The predicted molar refractivity (Wildman–Crippen MR) is 65.9 cm³/mol. The molecule has 0 saturated heterocycles. The summed E-state index contributed by atoms with van der Waals surface area (Å²) in [6.07, 6.45) is 1.34. The first kappa shape index (κ1) is 10.9. The van der Waals surface area contributed by atoms with Crippen LogP contribution in [0, 0.1) is 0 Å². The molecule has 0 aliphatic rings. The number of hydrogen-bond donors (Lipinski definition) is 3. The lowest BCUT2D eigenvalue weighted by molar-refractivity contribution is 0.249. The number of phenols is 1. The summed E-state index contributed by atoms with van der Waals surface area (Å²) in [6.45, 7) is 0. The van der Waals surface area contributed by atoms with Crippen molar-refractivity contribution in [3.63, 3.8) is 0 Å². The van der Waals surface area contributed by atoms with Crippen LogP contribution in [0.15, 0.2) is 41.5 Å². The van der Waals surface area contributed by atoms with Crippen LogP contribution in [0.2, 0.25) is 0 Å². The summed E-state index contributed by atoms with van der Waals surface area (Å²) in [5, 5.41) is 15.3. The van der Waals surface area contributed by atoms with E-state index in [9.17, 15) is 9.90 Å². The van der Waals surface area contributed by atoms with E-state index in [0.29, 0.717) is 5.56 Å². The molecule has 5 heteroatoms. The number of carbonyl (C=O) groups is 1. The average molecular weight is 229 g/mol. The quantitative estimate of drug-likeness (QED) is 0.539. The maximum Gasteiger partial charge on any atom is 0.332 e. The molecule has 2 rings (SSSR count). The molecule has 0 aliphatic heterocycles. The van der Waals surface area contributed by atoms with Gasteiger partial charge in [0.2, 0.25) is 0 Å². The highest BCUT2D eigenvalue weighted by molar-refractivity contribution is 5.93. The minimum Gasteiger partial charge on any atom is -0.507 e. The number of nitrogens with zero attached hydrogens (tertiary/aromatic N) is 1. The number of carbonyl (C=O) groups excluding carboxylic acids is 1. The van der Waals surface area contributed by atoms with E-state index in [4.69, 9.17) is 5.73 Å². The third-order valence-corrected chi connectivity index (χ3v) is 2.27. The number of phenolic OH excluding ortho intramolecular Hbond substituents is 1. The van der Waals surface area contributed by atoms with Gasteiger partial charge in [-0.3, -0.25) is 0 Å². The molecule has 0 spiro atoms. The number of rotatable bonds is 2. The molecular formula is C12H11N3O2. The number of benzene rings is 2. The van der Waals surface area contributed by atoms with E-state index in [1.807, 2.05) is 24.3 Å². The fourth-order valence-electron chi connectivity index (χ4n) is 1.51. The number of primary amides is 1. The molecule has 86 valence electrons. The van der Waals surface area contributed by atoms with E-state index in [1.54, 1.807) is 12.1 Å². The van der Waals surface area contributed by atoms with Crippen LogP contribution in [0.1, 0.15) is 5.56 Å². The largest absolute Gasteiger partial charge is 0.507 e. The molecule has 4 N–H and O–H groups in total. The lowest BCUT2D eigenvalue weighted by atomic mass is 10.1. The Bertz CT molecular complexity index is 593. The van der Waals surface area contributed by atoms with Crippen LogP contribution in [-0.2, 0) is 0 Å². The Morgan fingerprint density at radius 2 is 1.94 bits per heavy atom. The van der Waals surface area contributed by atoms with E-state index in [2.05, 4.69) is 10.5 Å². The van der Waals surface area contributed by atoms with Crippen molar-refractivity contribution >= 4 is 23.0 Å². The highest BCUT2D eigenvalue weighted by atomic mass is 16.3. The number of aromatic hydroxyl groups is 1. The molecule has 0 bridgehead atoms. The normalized spacial score (nSPS) is 10.8. The van der Waals surface area contributed by atoms with Gasteiger partial charge in [-0.1, -0.05) is 24.3 Å². The Morgan fingerprint density at radius 1 is 1.29 bits per heavy atom. The number of hydrazone groups is 1. The third kappa shape index (κ3) is 2.52. The fourth-order valence-corrected chi connectivity index (χ4v) is 1.51. The minimum atomic E-state index is -0.749. The molecule has 0 saturated carbocycles. The van der Waals surface area contributed by atoms with Gasteiger partial charge < -0.3 is 10.8 Å². The Balaban J connectivity index is 2.37. The van der Waals surface area contributed by atoms with Crippen molar-refractivity contribution in [2.24, 2.45) is 10.8 Å². The second kappa shape index (κ2) is 4.52. The minimum absolute atomic E-state index is 0.0960. The van der Waals surface area contributed by atoms with Gasteiger partial charge in [0.25, 0.3) is 0 Å². The van der Waals surface area contributed by atoms with Gasteiger partial charge in [-0.2, -0.15) is 5.10 Å². The highest BCUT2D eigenvalue weighted by Gasteiger charge is 2.01. The molecule has 0 atom stereocenters. The summed E-state index contributed by atoms with van der Waals surface area (Å²) in [6, 6.07) is 10.3. The lowest BCUT2D eigenvalue weighted by Gasteiger charge is -2.02. The second-order valence-corrected chi connectivity index (χ2v) is 3.49. The Hall–Kier alpha value is -2.56. The third-order valence-electron chi connectivity index (χ3n) is 2.27. The van der Waals surface area contributed by atoms with Crippen molar-refractivity contribution < 1.29 is 9.90 Å². The van der Waals surface area contributed by atoms with E-state index in [0.717, 1.165) is 10.8 Å². The van der Waals surface area contributed by atoms with E-state index >= 15 is 0 Å². The van der Waals surface area contributed by atoms with Gasteiger partial charge in [-0.05, 0) is 22.9 Å². The average Bonchev–Trinajstić information content (AvgIpc) is 2.29. The second-order valence-electron chi connectivity index (χ2n) is 3.49. The first-order chi connectivity index (χ1) is 8.16. The Kier molecular flexibility index (Phi) is 2.91. The summed E-state index contributed by atoms with van der Waals surface area (Å²) in [5.41, 5.74) is 7.44. The van der Waals surface area contributed by atoms with Crippen LogP contribution in [0.5, 0.6) is 5.75 Å². The van der Waals surface area contributed by atoms with Gasteiger partial charge in [0.05, 0.1) is 6.21 Å². The van der Waals surface area contributed by atoms with Gasteiger partial charge in [0.15, 0.2) is 0 Å². The molecule has 2 aromatic rings. The van der Waals surface area contributed by atoms with Crippen LogP contribution >= 0.6 is 0 Å². The van der Waals surface area contributed by atoms with E-state index in [-0.39, 0.29) is 5.75 Å². The SMILES string of the molecule is NC(=O)NN=Cc1cc2ccccc2cc1O. The van der Waals surface area contributed by atoms with Gasteiger partial charge in [0.1, 0.15) is 5.75 Å². The summed E-state index contributed by atoms with van der Waals surface area (Å²) in [4.78, 5) is 10.4. The van der Waals surface area contributed by atoms with Gasteiger partial charge in [0, 0.05) is 5.56 Å². The van der Waals surface area contributed by atoms with Gasteiger partial charge >= 0.3 is 6.03 Å². The molecular weight excluding hydrogens is 218 g/mol. The van der Waals surface area contributed by atoms with Crippen LogP contribution in [-0.4, -0.2) is 17.4 Å². The lowest BCUT2D eigenvalue weighted by Crippen LogP contribution is -2.24. The van der Waals surface area contributed by atoms with E-state index in [1.165, 1.54) is 6.21 Å². The smallest absolute Gasteiger partial charge is 0.332 e. The molecule has 0 unspecified atom stereocenters. The van der Waals surface area contributed by atoms with E-state index < -0.39 is 6.03 Å². The Labute approximate surface area is 97.6 Å². The molecule has 0 fully saturated rings. The van der Waals surface area contributed by atoms with Crippen LogP contribution < -0.4 is 11.2 Å². The highest BCUT2D eigenvalue weighted by Crippen LogP contribution is 2.23. The van der Waals surface area contributed by atoms with Crippen molar-refractivity contribution in [1.82, 2.24) is 5.43 Å². The summed E-state index contributed by atoms with van der Waals surface area (Å²) >= 11 is 0. The number of amides is 2. The number of hydrogen-bond acceptors (Lipinski definition) is 3. The molecule has 0 aliphatic carbocycles. The van der Waals surface area contributed by atoms with Crippen molar-refractivity contribution in [2.45, 2.75) is 0 Å². The van der Waals surface area contributed by atoms with Crippen molar-refractivity contribution in [2.75, 3.05) is 0 Å². The first-order valence-electron chi connectivity index (χ1n) is 4.97. The van der Waals surface area contributed by atoms with Crippen LogP contribution in [0.4, 0.5) is 4.79 Å². The molecule has 2 aromatic carbocycles. The number of urea groups is 1. The predicted octanol–water partition coefficient (Wildman–Crippen LogP) is 1.55. The standard InChI is InChI=1S/C12H11N3O2/c13-12(17)15-14-7-10-5-8-3-1-2-4-9(8)6-11(10)16/h1-7,16H,(H3,13,15,17). The molecule has 0 heterocycles. The van der Waals surface area contributed by atoms with Gasteiger partial charge in [-0.15, -0.1) is 0 Å². The number of fused-ring (bicyclic) bond motifs is 1. The zero-order chi connectivity index (χ0) is 12.3. The fraction of sp³-hybridized carbons (Fsp3) is 0. The maximum absolute atomic E-state index is 10.4. The topological polar surface area (TPSA) is 87.7 Å². The number of nitrogens with one attached hydrogen (secondary N) is 1. The van der Waals surface area contributed by atoms with Crippen LogP contribution in [0.25, 0.3) is 10.8 Å². The summed E-state index contributed by atoms with van der Waals surface area (Å²) in [5.74, 6) is 0.0960. The first-order valence-corrected chi connectivity index (χ1v) is 4.97. The van der Waals surface area contributed by atoms with Gasteiger partial charge in [-0.25, -0.2) is 10.2 Å². The molecule has 5 nitrogen and oxygen atoms in total. The molecule has 0 aromatic heterocycles. The maximum atomic E-state index is 10.4. The monoisotopic (exact) mass is 229 g/mol. The molecule has 0 radical (unpaired) electrons. The zero-order valence-corrected chi connectivity index (χ0v) is 8.92. The van der Waals surface area contributed by atoms with Crippen molar-refractivity contribution in [3.05, 3.63) is 42.0 Å². The van der Waals surface area contributed by atoms with Crippen molar-refractivity contribution in [1.29, 1.82) is 0 Å². The molecule has 17 heavy (non-hydrogen) atoms.